The van der Waals surface area contributed by atoms with E-state index in [0.29, 0.717) is 0 Å². The van der Waals surface area contributed by atoms with Crippen LogP contribution in [0.15, 0.2) is 11.6 Å². The Balaban J connectivity index is 3.36. The first-order chi connectivity index (χ1) is 4.66. The molecule has 0 aromatic rings. The predicted octanol–water partition coefficient (Wildman–Crippen LogP) is 2.70. The van der Waals surface area contributed by atoms with E-state index in [1.807, 2.05) is 0 Å². The number of alkyl halides is 1. The summed E-state index contributed by atoms with van der Waals surface area (Å²) in [6.07, 6.45) is 4.95. The molecule has 0 fully saturated rings. The van der Waals surface area contributed by atoms with Gasteiger partial charge in [0.2, 0.25) is 0 Å². The van der Waals surface area contributed by atoms with Gasteiger partial charge in [0.1, 0.15) is 6.29 Å². The van der Waals surface area contributed by atoms with Gasteiger partial charge < -0.3 is 4.79 Å². The molecule has 1 unspecified atom stereocenters. The molecule has 0 aliphatic heterocycles. The van der Waals surface area contributed by atoms with E-state index in [-0.39, 0.29) is 4.83 Å². The van der Waals surface area contributed by atoms with Crippen LogP contribution in [0.25, 0.3) is 0 Å². The number of halogens is 1. The lowest BCUT2D eigenvalue weighted by Gasteiger charge is -1.96. The molecule has 0 bridgehead atoms. The normalized spacial score (nSPS) is 12.3. The van der Waals surface area contributed by atoms with Crippen molar-refractivity contribution in [2.45, 2.75) is 31.5 Å². The lowest BCUT2D eigenvalue weighted by Crippen LogP contribution is -1.96. The van der Waals surface area contributed by atoms with E-state index in [4.69, 9.17) is 0 Å². The Morgan fingerprint density at radius 2 is 2.20 bits per heavy atom. The van der Waals surface area contributed by atoms with Crippen molar-refractivity contribution < 1.29 is 4.79 Å². The summed E-state index contributed by atoms with van der Waals surface area (Å²) in [5, 5.41) is 0. The van der Waals surface area contributed by atoms with Gasteiger partial charge in [-0.1, -0.05) is 27.6 Å². The average Bonchev–Trinajstić information content (AvgIpc) is 1.87. The Morgan fingerprint density at radius 1 is 1.60 bits per heavy atom. The smallest absolute Gasteiger partial charge is 0.133 e. The minimum atomic E-state index is 0.0306. The van der Waals surface area contributed by atoms with Crippen LogP contribution < -0.4 is 0 Å². The third-order valence-corrected chi connectivity index (χ3v) is 1.82. The van der Waals surface area contributed by atoms with Gasteiger partial charge in [-0.15, -0.1) is 0 Å². The Bertz CT molecular complexity index is 125. The highest BCUT2D eigenvalue weighted by Gasteiger charge is 1.97. The maximum atomic E-state index is 10.1. The van der Waals surface area contributed by atoms with Gasteiger partial charge in [0.15, 0.2) is 0 Å². The van der Waals surface area contributed by atoms with Crippen molar-refractivity contribution in [2.24, 2.45) is 0 Å². The highest BCUT2D eigenvalue weighted by molar-refractivity contribution is 9.09. The van der Waals surface area contributed by atoms with Crippen LogP contribution in [0.2, 0.25) is 0 Å². The molecule has 0 N–H and O–H groups in total. The Hall–Kier alpha value is -0.110. The largest absolute Gasteiger partial charge is 0.302 e. The first kappa shape index (κ1) is 9.89. The third-order valence-electron chi connectivity index (χ3n) is 1.14. The van der Waals surface area contributed by atoms with Crippen LogP contribution >= 0.6 is 15.9 Å². The summed E-state index contributed by atoms with van der Waals surface area (Å²) in [5.74, 6) is 0. The predicted molar refractivity (Wildman–Crippen MR) is 47.4 cm³/mol. The van der Waals surface area contributed by atoms with Crippen LogP contribution in [0.3, 0.4) is 0 Å². The molecule has 0 radical (unpaired) electrons. The lowest BCUT2D eigenvalue weighted by atomic mass is 10.2. The van der Waals surface area contributed by atoms with Crippen LogP contribution in [0, 0.1) is 0 Å². The minimum absolute atomic E-state index is 0.0306. The van der Waals surface area contributed by atoms with Gasteiger partial charge in [-0.2, -0.15) is 0 Å². The molecule has 0 aliphatic carbocycles. The quantitative estimate of drug-likeness (QED) is 0.391. The van der Waals surface area contributed by atoms with E-state index < -0.39 is 0 Å². The molecule has 10 heavy (non-hydrogen) atoms. The highest BCUT2D eigenvalue weighted by atomic mass is 79.9. The minimum Gasteiger partial charge on any atom is -0.302 e. The molecule has 0 spiro atoms. The zero-order chi connectivity index (χ0) is 7.98. The number of hydrogen-bond donors (Lipinski definition) is 0. The Kier molecular flexibility index (Phi) is 5.60. The molecule has 0 aromatic carbocycles. The molecule has 0 aliphatic rings. The summed E-state index contributed by atoms with van der Waals surface area (Å²) in [6, 6.07) is 0. The molecule has 1 atom stereocenters. The van der Waals surface area contributed by atoms with Crippen molar-refractivity contribution in [2.75, 3.05) is 0 Å². The molecule has 0 saturated heterocycles. The van der Waals surface area contributed by atoms with E-state index in [1.54, 1.807) is 0 Å². The van der Waals surface area contributed by atoms with Crippen molar-refractivity contribution in [1.82, 2.24) is 0 Å². The van der Waals surface area contributed by atoms with Gasteiger partial charge in [0.25, 0.3) is 0 Å². The van der Waals surface area contributed by atoms with Gasteiger partial charge in [0.05, 0.1) is 4.83 Å². The number of allylic oxidation sites excluding steroid dienone is 2. The van der Waals surface area contributed by atoms with Gasteiger partial charge in [-0.3, -0.25) is 0 Å². The van der Waals surface area contributed by atoms with Crippen molar-refractivity contribution in [1.29, 1.82) is 0 Å². The lowest BCUT2D eigenvalue weighted by molar-refractivity contribution is -0.107. The van der Waals surface area contributed by atoms with Crippen LogP contribution in [0.1, 0.15) is 26.7 Å². The summed E-state index contributed by atoms with van der Waals surface area (Å²) in [4.78, 5) is 10.1. The summed E-state index contributed by atoms with van der Waals surface area (Å²) in [7, 11) is 0. The second kappa shape index (κ2) is 5.66. The van der Waals surface area contributed by atoms with Crippen molar-refractivity contribution in [3.8, 4) is 0 Å². The van der Waals surface area contributed by atoms with E-state index >= 15 is 0 Å². The number of carbonyl (C=O) groups is 1. The fourth-order valence-corrected chi connectivity index (χ4v) is 0.864. The maximum absolute atomic E-state index is 10.1. The van der Waals surface area contributed by atoms with Gasteiger partial charge in [-0.05, 0) is 26.7 Å². The summed E-state index contributed by atoms with van der Waals surface area (Å²) < 4.78 is 0. The number of rotatable bonds is 4. The molecule has 0 amide bonds. The zero-order valence-corrected chi connectivity index (χ0v) is 8.02. The zero-order valence-electron chi connectivity index (χ0n) is 6.43. The summed E-state index contributed by atoms with van der Waals surface area (Å²) >= 11 is 3.23. The average molecular weight is 205 g/mol. The van der Waals surface area contributed by atoms with E-state index in [1.165, 1.54) is 5.57 Å². The molecule has 0 aromatic heterocycles. The second-order valence-corrected chi connectivity index (χ2v) is 3.69. The summed E-state index contributed by atoms with van der Waals surface area (Å²) in [6.45, 7) is 4.12. The van der Waals surface area contributed by atoms with Crippen LogP contribution in [-0.2, 0) is 4.79 Å². The van der Waals surface area contributed by atoms with Crippen LogP contribution in [0.4, 0.5) is 0 Å². The van der Waals surface area contributed by atoms with Crippen LogP contribution in [0.5, 0.6) is 0 Å². The van der Waals surface area contributed by atoms with Gasteiger partial charge in [-0.25, -0.2) is 0 Å². The van der Waals surface area contributed by atoms with Crippen LogP contribution in [-0.4, -0.2) is 11.1 Å². The topological polar surface area (TPSA) is 17.1 Å². The van der Waals surface area contributed by atoms with Crippen molar-refractivity contribution >= 4 is 22.2 Å². The Morgan fingerprint density at radius 3 is 2.60 bits per heavy atom. The SMILES string of the molecule is CC(C)=CCCC(Br)C=O. The number of carbonyl (C=O) groups excluding carboxylic acids is 1. The first-order valence-corrected chi connectivity index (χ1v) is 4.31. The highest BCUT2D eigenvalue weighted by Crippen LogP contribution is 2.06. The standard InChI is InChI=1S/C8H13BrO/c1-7(2)4-3-5-8(9)6-10/h4,6,8H,3,5H2,1-2H3. The molecule has 2 heteroatoms. The van der Waals surface area contributed by atoms with Gasteiger partial charge >= 0.3 is 0 Å². The molecular weight excluding hydrogens is 192 g/mol. The molecule has 58 valence electrons. The number of aldehydes is 1. The Labute approximate surface area is 70.6 Å². The molecule has 0 saturated carbocycles. The van der Waals surface area contributed by atoms with E-state index in [0.717, 1.165) is 19.1 Å². The first-order valence-electron chi connectivity index (χ1n) is 3.39. The van der Waals surface area contributed by atoms with Crippen molar-refractivity contribution in [3.05, 3.63) is 11.6 Å². The third kappa shape index (κ3) is 6.02. The molecule has 0 rings (SSSR count). The monoisotopic (exact) mass is 204 g/mol. The van der Waals surface area contributed by atoms with E-state index in [9.17, 15) is 4.79 Å². The molecular formula is C8H13BrO. The molecule has 1 nitrogen and oxygen atoms in total. The fourth-order valence-electron chi connectivity index (χ4n) is 0.599. The van der Waals surface area contributed by atoms with E-state index in [2.05, 4.69) is 35.9 Å². The van der Waals surface area contributed by atoms with Gasteiger partial charge in [0, 0.05) is 0 Å². The summed E-state index contributed by atoms with van der Waals surface area (Å²) in [5.41, 5.74) is 1.31. The van der Waals surface area contributed by atoms with Crippen molar-refractivity contribution in [3.63, 3.8) is 0 Å². The second-order valence-electron chi connectivity index (χ2n) is 2.51. The number of hydrogen-bond acceptors (Lipinski definition) is 1. The maximum Gasteiger partial charge on any atom is 0.133 e. The fraction of sp³-hybridized carbons (Fsp3) is 0.625. The molecule has 0 heterocycles.